The molecule has 2 N–H and O–H groups in total. The van der Waals surface area contributed by atoms with Crippen LogP contribution in [-0.4, -0.2) is 60.1 Å². The second kappa shape index (κ2) is 6.89. The van der Waals surface area contributed by atoms with Crippen LogP contribution in [0.3, 0.4) is 0 Å². The number of hydrogen-bond acceptors (Lipinski definition) is 5. The fourth-order valence-electron chi connectivity index (χ4n) is 2.28. The first-order valence-corrected chi connectivity index (χ1v) is 7.29. The predicted molar refractivity (Wildman–Crippen MR) is 81.9 cm³/mol. The van der Waals surface area contributed by atoms with Crippen molar-refractivity contribution >= 4 is 17.7 Å². The summed E-state index contributed by atoms with van der Waals surface area (Å²) >= 11 is 0. The van der Waals surface area contributed by atoms with Crippen LogP contribution in [0, 0.1) is 0 Å². The zero-order valence-electron chi connectivity index (χ0n) is 13.2. The predicted octanol–water partition coefficient (Wildman–Crippen LogP) is 0.186. The van der Waals surface area contributed by atoms with Crippen molar-refractivity contribution in [2.45, 2.75) is 18.9 Å². The molecule has 0 radical (unpaired) electrons. The highest BCUT2D eigenvalue weighted by Crippen LogP contribution is 2.21. The van der Waals surface area contributed by atoms with Gasteiger partial charge in [0.05, 0.1) is 16.7 Å². The van der Waals surface area contributed by atoms with Crippen LogP contribution in [0.4, 0.5) is 0 Å². The molecule has 0 aromatic heterocycles. The summed E-state index contributed by atoms with van der Waals surface area (Å²) in [6.07, 6.45) is 0.358. The van der Waals surface area contributed by atoms with E-state index in [1.165, 1.54) is 7.11 Å². The molecule has 0 saturated heterocycles. The van der Waals surface area contributed by atoms with E-state index in [1.54, 1.807) is 31.2 Å². The Morgan fingerprint density at radius 2 is 1.83 bits per heavy atom. The molecule has 1 aliphatic heterocycles. The van der Waals surface area contributed by atoms with E-state index in [2.05, 4.69) is 5.32 Å². The first-order valence-electron chi connectivity index (χ1n) is 7.29. The van der Waals surface area contributed by atoms with E-state index >= 15 is 0 Å². The van der Waals surface area contributed by atoms with Gasteiger partial charge in [-0.3, -0.25) is 19.3 Å². The third kappa shape index (κ3) is 3.94. The van der Waals surface area contributed by atoms with Gasteiger partial charge in [-0.05, 0) is 19.1 Å². The Kier molecular flexibility index (Phi) is 5.12. The first-order chi connectivity index (χ1) is 10.9. The molecular weight excluding hydrogens is 300 g/mol. The van der Waals surface area contributed by atoms with Gasteiger partial charge >= 0.3 is 0 Å². The Morgan fingerprint density at radius 1 is 1.26 bits per heavy atom. The van der Waals surface area contributed by atoms with Gasteiger partial charge in [-0.25, -0.2) is 0 Å². The lowest BCUT2D eigenvalue weighted by Gasteiger charge is -2.23. The van der Waals surface area contributed by atoms with Crippen LogP contribution < -0.4 is 5.32 Å². The Morgan fingerprint density at radius 3 is 2.35 bits per heavy atom. The topological polar surface area (TPSA) is 95.9 Å². The number of imide groups is 1. The summed E-state index contributed by atoms with van der Waals surface area (Å²) in [6.45, 7) is 1.58. The van der Waals surface area contributed by atoms with Gasteiger partial charge < -0.3 is 15.2 Å². The number of nitrogens with zero attached hydrogens (tertiary/aromatic N) is 1. The summed E-state index contributed by atoms with van der Waals surface area (Å²) in [6, 6.07) is 6.45. The number of methoxy groups -OCH3 is 1. The van der Waals surface area contributed by atoms with Crippen molar-refractivity contribution in [2.24, 2.45) is 0 Å². The number of aliphatic hydroxyl groups is 1. The third-order valence-corrected chi connectivity index (χ3v) is 3.69. The number of ether oxygens (including phenoxy) is 1. The van der Waals surface area contributed by atoms with Crippen LogP contribution in [-0.2, 0) is 9.53 Å². The van der Waals surface area contributed by atoms with Gasteiger partial charge in [0.2, 0.25) is 5.91 Å². The second-order valence-electron chi connectivity index (χ2n) is 5.76. The van der Waals surface area contributed by atoms with Gasteiger partial charge in [0.25, 0.3) is 11.8 Å². The number of fused-ring (bicyclic) bond motifs is 1. The highest BCUT2D eigenvalue weighted by atomic mass is 16.5. The van der Waals surface area contributed by atoms with E-state index in [-0.39, 0.29) is 13.1 Å². The van der Waals surface area contributed by atoms with Gasteiger partial charge in [0.1, 0.15) is 6.54 Å². The average Bonchev–Trinajstić information content (AvgIpc) is 2.77. The summed E-state index contributed by atoms with van der Waals surface area (Å²) in [4.78, 5) is 37.2. The summed E-state index contributed by atoms with van der Waals surface area (Å²) in [7, 11) is 1.52. The number of hydrogen-bond donors (Lipinski definition) is 2. The lowest BCUT2D eigenvalue weighted by molar-refractivity contribution is -0.122. The monoisotopic (exact) mass is 320 g/mol. The van der Waals surface area contributed by atoms with Crippen LogP contribution in [0.15, 0.2) is 24.3 Å². The molecule has 1 aromatic carbocycles. The van der Waals surface area contributed by atoms with Crippen molar-refractivity contribution in [2.75, 3.05) is 26.8 Å². The molecule has 0 bridgehead atoms. The number of amides is 3. The minimum atomic E-state index is -1.12. The molecule has 0 saturated carbocycles. The Hall–Kier alpha value is -2.25. The van der Waals surface area contributed by atoms with Crippen LogP contribution in [0.2, 0.25) is 0 Å². The smallest absolute Gasteiger partial charge is 0.262 e. The molecule has 0 fully saturated rings. The van der Waals surface area contributed by atoms with Crippen molar-refractivity contribution in [3.05, 3.63) is 35.4 Å². The Labute approximate surface area is 134 Å². The van der Waals surface area contributed by atoms with E-state index in [4.69, 9.17) is 4.74 Å². The lowest BCUT2D eigenvalue weighted by atomic mass is 10.0. The second-order valence-corrected chi connectivity index (χ2v) is 5.76. The molecule has 1 heterocycles. The minimum Gasteiger partial charge on any atom is -0.388 e. The maximum Gasteiger partial charge on any atom is 0.262 e. The average molecular weight is 320 g/mol. The quantitative estimate of drug-likeness (QED) is 0.699. The molecular formula is C16H20N2O5. The maximum atomic E-state index is 12.1. The zero-order chi connectivity index (χ0) is 17.0. The molecule has 7 nitrogen and oxygen atoms in total. The standard InChI is InChI=1S/C16H20N2O5/c1-16(22,7-8-23-2)10-17-13(19)9-18-14(20)11-5-3-4-6-12(11)15(18)21/h3-6,22H,7-10H2,1-2H3,(H,17,19). The minimum absolute atomic E-state index is 0.0123. The van der Waals surface area contributed by atoms with Crippen LogP contribution in [0.5, 0.6) is 0 Å². The van der Waals surface area contributed by atoms with Crippen LogP contribution in [0.1, 0.15) is 34.1 Å². The normalized spacial score (nSPS) is 16.2. The van der Waals surface area contributed by atoms with E-state index in [9.17, 15) is 19.5 Å². The van der Waals surface area contributed by atoms with Crippen LogP contribution in [0.25, 0.3) is 0 Å². The van der Waals surface area contributed by atoms with E-state index in [1.807, 2.05) is 0 Å². The van der Waals surface area contributed by atoms with E-state index in [0.29, 0.717) is 24.2 Å². The molecule has 7 heteroatoms. The van der Waals surface area contributed by atoms with Gasteiger partial charge in [-0.1, -0.05) is 12.1 Å². The SMILES string of the molecule is COCCC(C)(O)CNC(=O)CN1C(=O)c2ccccc2C1=O. The molecule has 0 aliphatic carbocycles. The van der Waals surface area contributed by atoms with Crippen molar-refractivity contribution in [1.29, 1.82) is 0 Å². The first kappa shape index (κ1) is 17.1. The lowest BCUT2D eigenvalue weighted by Crippen LogP contribution is -2.46. The van der Waals surface area contributed by atoms with Crippen LogP contribution >= 0.6 is 0 Å². The number of carbonyl (C=O) groups excluding carboxylic acids is 3. The van der Waals surface area contributed by atoms with E-state index in [0.717, 1.165) is 4.90 Å². The van der Waals surface area contributed by atoms with E-state index < -0.39 is 23.3 Å². The molecule has 1 aliphatic rings. The number of nitrogens with one attached hydrogen (secondary N) is 1. The van der Waals surface area contributed by atoms with Crippen molar-refractivity contribution in [3.8, 4) is 0 Å². The van der Waals surface area contributed by atoms with Gasteiger partial charge in [-0.15, -0.1) is 0 Å². The Balaban J connectivity index is 1.92. The molecule has 124 valence electrons. The largest absolute Gasteiger partial charge is 0.388 e. The molecule has 0 spiro atoms. The molecule has 1 atom stereocenters. The summed E-state index contributed by atoms with van der Waals surface area (Å²) in [5.74, 6) is -1.46. The number of carbonyl (C=O) groups is 3. The third-order valence-electron chi connectivity index (χ3n) is 3.69. The fourth-order valence-corrected chi connectivity index (χ4v) is 2.28. The van der Waals surface area contributed by atoms with Gasteiger partial charge in [0, 0.05) is 26.7 Å². The Bertz CT molecular complexity index is 592. The molecule has 3 amide bonds. The zero-order valence-corrected chi connectivity index (χ0v) is 13.2. The molecule has 23 heavy (non-hydrogen) atoms. The highest BCUT2D eigenvalue weighted by Gasteiger charge is 2.36. The molecule has 2 rings (SSSR count). The summed E-state index contributed by atoms with van der Waals surface area (Å²) in [5.41, 5.74) is -0.511. The van der Waals surface area contributed by atoms with Gasteiger partial charge in [-0.2, -0.15) is 0 Å². The van der Waals surface area contributed by atoms with Crippen molar-refractivity contribution < 1.29 is 24.2 Å². The maximum absolute atomic E-state index is 12.1. The summed E-state index contributed by atoms with van der Waals surface area (Å²) in [5, 5.41) is 12.6. The number of benzene rings is 1. The molecule has 1 unspecified atom stereocenters. The van der Waals surface area contributed by atoms with Crippen molar-refractivity contribution in [3.63, 3.8) is 0 Å². The molecule has 1 aromatic rings. The van der Waals surface area contributed by atoms with Gasteiger partial charge in [0.15, 0.2) is 0 Å². The highest BCUT2D eigenvalue weighted by molar-refractivity contribution is 6.22. The summed E-state index contributed by atoms with van der Waals surface area (Å²) < 4.78 is 4.89. The van der Waals surface area contributed by atoms with Crippen molar-refractivity contribution in [1.82, 2.24) is 10.2 Å². The number of rotatable bonds is 7. The fraction of sp³-hybridized carbons (Fsp3) is 0.438.